The molecule has 0 bridgehead atoms. The Morgan fingerprint density at radius 1 is 1.21 bits per heavy atom. The molecule has 106 valence electrons. The van der Waals surface area contributed by atoms with Crippen LogP contribution in [0.5, 0.6) is 0 Å². The van der Waals surface area contributed by atoms with E-state index in [9.17, 15) is 0 Å². The molecule has 0 amide bonds. The third-order valence-electron chi connectivity index (χ3n) is 4.54. The summed E-state index contributed by atoms with van der Waals surface area (Å²) in [7, 11) is 0. The van der Waals surface area contributed by atoms with Gasteiger partial charge in [-0.2, -0.15) is 0 Å². The number of hydrogen-bond acceptors (Lipinski definition) is 1. The molecule has 1 nitrogen and oxygen atoms in total. The minimum Gasteiger partial charge on any atom is -0.314 e. The van der Waals surface area contributed by atoms with Crippen molar-refractivity contribution in [2.45, 2.75) is 57.9 Å². The first-order valence-electron chi connectivity index (χ1n) is 7.51. The SMILES string of the molecule is CC1CCC(CNC(C)C)(c2ccc(Br)cc2)CC1. The zero-order valence-corrected chi connectivity index (χ0v) is 14.0. The summed E-state index contributed by atoms with van der Waals surface area (Å²) in [6.07, 6.45) is 5.34. The Bertz CT molecular complexity index is 388. The summed E-state index contributed by atoms with van der Waals surface area (Å²) in [6.45, 7) is 7.97. The van der Waals surface area contributed by atoms with Crippen molar-refractivity contribution >= 4 is 15.9 Å². The van der Waals surface area contributed by atoms with Crippen molar-refractivity contribution in [3.8, 4) is 0 Å². The average molecular weight is 324 g/mol. The Hall–Kier alpha value is -0.340. The fourth-order valence-electron chi connectivity index (χ4n) is 3.09. The smallest absolute Gasteiger partial charge is 0.0175 e. The zero-order valence-electron chi connectivity index (χ0n) is 12.4. The molecule has 0 heterocycles. The lowest BCUT2D eigenvalue weighted by molar-refractivity contribution is 0.229. The first-order chi connectivity index (χ1) is 9.02. The van der Waals surface area contributed by atoms with Crippen LogP contribution in [0.4, 0.5) is 0 Å². The van der Waals surface area contributed by atoms with Gasteiger partial charge in [0.2, 0.25) is 0 Å². The third-order valence-corrected chi connectivity index (χ3v) is 5.07. The second-order valence-electron chi connectivity index (χ2n) is 6.51. The van der Waals surface area contributed by atoms with E-state index in [0.717, 1.165) is 12.5 Å². The van der Waals surface area contributed by atoms with Gasteiger partial charge in [0.05, 0.1) is 0 Å². The van der Waals surface area contributed by atoms with Crippen LogP contribution in [-0.4, -0.2) is 12.6 Å². The van der Waals surface area contributed by atoms with Gasteiger partial charge in [-0.25, -0.2) is 0 Å². The molecule has 2 heteroatoms. The van der Waals surface area contributed by atoms with Crippen LogP contribution in [0.15, 0.2) is 28.7 Å². The molecule has 1 aliphatic carbocycles. The summed E-state index contributed by atoms with van der Waals surface area (Å²) in [5.74, 6) is 0.891. The van der Waals surface area contributed by atoms with Gasteiger partial charge in [-0.15, -0.1) is 0 Å². The summed E-state index contributed by atoms with van der Waals surface area (Å²) < 4.78 is 1.17. The summed E-state index contributed by atoms with van der Waals surface area (Å²) in [4.78, 5) is 0. The number of hydrogen-bond donors (Lipinski definition) is 1. The predicted molar refractivity (Wildman–Crippen MR) is 86.6 cm³/mol. The largest absolute Gasteiger partial charge is 0.314 e. The van der Waals surface area contributed by atoms with Crippen molar-refractivity contribution in [1.29, 1.82) is 0 Å². The molecule has 1 saturated carbocycles. The number of nitrogens with one attached hydrogen (secondary N) is 1. The highest BCUT2D eigenvalue weighted by Crippen LogP contribution is 2.41. The Kier molecular flexibility index (Phi) is 5.08. The van der Waals surface area contributed by atoms with Gasteiger partial charge in [-0.05, 0) is 49.3 Å². The molecular formula is C17H26BrN. The molecule has 1 fully saturated rings. The van der Waals surface area contributed by atoms with E-state index < -0.39 is 0 Å². The van der Waals surface area contributed by atoms with Crippen molar-refractivity contribution in [3.05, 3.63) is 34.3 Å². The van der Waals surface area contributed by atoms with Crippen LogP contribution in [0.3, 0.4) is 0 Å². The van der Waals surface area contributed by atoms with E-state index in [1.54, 1.807) is 0 Å². The Labute approximate surface area is 126 Å². The number of benzene rings is 1. The first-order valence-corrected chi connectivity index (χ1v) is 8.30. The van der Waals surface area contributed by atoms with Crippen molar-refractivity contribution in [3.63, 3.8) is 0 Å². The van der Waals surface area contributed by atoms with Crippen LogP contribution in [-0.2, 0) is 5.41 Å². The molecule has 19 heavy (non-hydrogen) atoms. The zero-order chi connectivity index (χ0) is 13.9. The molecule has 0 aromatic heterocycles. The van der Waals surface area contributed by atoms with Crippen molar-refractivity contribution in [2.24, 2.45) is 5.92 Å². The van der Waals surface area contributed by atoms with Crippen LogP contribution < -0.4 is 5.32 Å². The first kappa shape index (κ1) is 15.1. The molecule has 2 rings (SSSR count). The molecule has 1 aromatic rings. The molecule has 0 saturated heterocycles. The van der Waals surface area contributed by atoms with E-state index in [1.807, 2.05) is 0 Å². The van der Waals surface area contributed by atoms with Gasteiger partial charge >= 0.3 is 0 Å². The molecule has 0 unspecified atom stereocenters. The lowest BCUT2D eigenvalue weighted by atomic mass is 9.67. The van der Waals surface area contributed by atoms with E-state index in [1.165, 1.54) is 35.7 Å². The van der Waals surface area contributed by atoms with Gasteiger partial charge < -0.3 is 5.32 Å². The fourth-order valence-corrected chi connectivity index (χ4v) is 3.35. The van der Waals surface area contributed by atoms with Gasteiger partial charge in [-0.1, -0.05) is 48.8 Å². The number of rotatable bonds is 4. The molecule has 0 atom stereocenters. The maximum atomic E-state index is 3.67. The van der Waals surface area contributed by atoms with Crippen molar-refractivity contribution in [1.82, 2.24) is 5.32 Å². The molecule has 1 aliphatic rings. The molecular weight excluding hydrogens is 298 g/mol. The van der Waals surface area contributed by atoms with Gasteiger partial charge in [-0.3, -0.25) is 0 Å². The van der Waals surface area contributed by atoms with E-state index in [0.29, 0.717) is 11.5 Å². The summed E-state index contributed by atoms with van der Waals surface area (Å²) in [6, 6.07) is 9.55. The standard InChI is InChI=1S/C17H26BrN/c1-13(2)19-12-17(10-8-14(3)9-11-17)15-4-6-16(18)7-5-15/h4-7,13-14,19H,8-12H2,1-3H3. The summed E-state index contributed by atoms with van der Waals surface area (Å²) >= 11 is 3.54. The topological polar surface area (TPSA) is 12.0 Å². The van der Waals surface area contributed by atoms with Crippen LogP contribution in [0.2, 0.25) is 0 Å². The normalized spacial score (nSPS) is 27.7. The highest BCUT2D eigenvalue weighted by Gasteiger charge is 2.35. The van der Waals surface area contributed by atoms with Crippen molar-refractivity contribution in [2.75, 3.05) is 6.54 Å². The molecule has 0 aliphatic heterocycles. The maximum Gasteiger partial charge on any atom is 0.0175 e. The maximum absolute atomic E-state index is 3.67. The Morgan fingerprint density at radius 2 is 1.79 bits per heavy atom. The minimum atomic E-state index is 0.345. The van der Waals surface area contributed by atoms with E-state index in [2.05, 4.69) is 66.3 Å². The van der Waals surface area contributed by atoms with Gasteiger partial charge in [0, 0.05) is 22.5 Å². The third kappa shape index (κ3) is 3.82. The predicted octanol–water partition coefficient (Wildman–Crippen LogP) is 4.90. The Morgan fingerprint density at radius 3 is 2.32 bits per heavy atom. The van der Waals surface area contributed by atoms with Crippen molar-refractivity contribution < 1.29 is 0 Å². The average Bonchev–Trinajstić information content (AvgIpc) is 2.39. The molecule has 1 aromatic carbocycles. The van der Waals surface area contributed by atoms with Crippen LogP contribution >= 0.6 is 15.9 Å². The monoisotopic (exact) mass is 323 g/mol. The van der Waals surface area contributed by atoms with E-state index >= 15 is 0 Å². The van der Waals surface area contributed by atoms with Crippen LogP contribution in [0.1, 0.15) is 52.0 Å². The molecule has 0 spiro atoms. The van der Waals surface area contributed by atoms with Gasteiger partial charge in [0.15, 0.2) is 0 Å². The Balaban J connectivity index is 2.20. The lowest BCUT2D eigenvalue weighted by Crippen LogP contribution is -2.43. The van der Waals surface area contributed by atoms with Gasteiger partial charge in [0.1, 0.15) is 0 Å². The van der Waals surface area contributed by atoms with E-state index in [-0.39, 0.29) is 0 Å². The van der Waals surface area contributed by atoms with Gasteiger partial charge in [0.25, 0.3) is 0 Å². The fraction of sp³-hybridized carbons (Fsp3) is 0.647. The second kappa shape index (κ2) is 6.41. The lowest BCUT2D eigenvalue weighted by Gasteiger charge is -2.41. The molecule has 1 N–H and O–H groups in total. The summed E-state index contributed by atoms with van der Waals surface area (Å²) in [5, 5.41) is 3.67. The minimum absolute atomic E-state index is 0.345. The molecule has 0 radical (unpaired) electrons. The van der Waals surface area contributed by atoms with Crippen LogP contribution in [0, 0.1) is 5.92 Å². The highest BCUT2D eigenvalue weighted by atomic mass is 79.9. The number of halogens is 1. The summed E-state index contributed by atoms with van der Waals surface area (Å²) in [5.41, 5.74) is 1.85. The van der Waals surface area contributed by atoms with E-state index in [4.69, 9.17) is 0 Å². The highest BCUT2D eigenvalue weighted by molar-refractivity contribution is 9.10. The van der Waals surface area contributed by atoms with Crippen LogP contribution in [0.25, 0.3) is 0 Å². The quantitative estimate of drug-likeness (QED) is 0.831. The second-order valence-corrected chi connectivity index (χ2v) is 7.42.